The number of hydrogen-bond donors (Lipinski definition) is 2. The Morgan fingerprint density at radius 1 is 1.50 bits per heavy atom. The van der Waals surface area contributed by atoms with Gasteiger partial charge in [-0.05, 0) is 30.7 Å². The Bertz CT molecular complexity index is 898. The molecule has 2 heterocycles. The first kappa shape index (κ1) is 18.3. The Hall–Kier alpha value is -2.48. The van der Waals surface area contributed by atoms with Crippen LogP contribution in [0.15, 0.2) is 60.9 Å². The Kier molecular flexibility index (Phi) is 5.22. The number of nitrogens with one attached hydrogen (secondary N) is 1. The zero-order chi connectivity index (χ0) is 18.7. The molecule has 0 amide bonds. The fourth-order valence-corrected chi connectivity index (χ4v) is 2.53. The van der Waals surface area contributed by atoms with Crippen molar-refractivity contribution >= 4 is 17.2 Å². The monoisotopic (exact) mass is 372 g/mol. The van der Waals surface area contributed by atoms with Gasteiger partial charge in [0.25, 0.3) is 0 Å². The van der Waals surface area contributed by atoms with Gasteiger partial charge < -0.3 is 15.8 Å². The Labute approximate surface area is 156 Å². The van der Waals surface area contributed by atoms with Crippen LogP contribution in [0.2, 0.25) is 5.15 Å². The number of halogens is 1. The number of nitrogens with two attached hydrogens (primary N) is 1. The summed E-state index contributed by atoms with van der Waals surface area (Å²) >= 11 is 6.01. The summed E-state index contributed by atoms with van der Waals surface area (Å²) in [7, 11) is 0. The maximum Gasteiger partial charge on any atom is 0.179 e. The van der Waals surface area contributed by atoms with E-state index in [0.29, 0.717) is 29.8 Å². The molecule has 2 atom stereocenters. The van der Waals surface area contributed by atoms with Crippen LogP contribution < -0.4 is 11.1 Å². The molecular formula is C18H21ClN6O. The summed E-state index contributed by atoms with van der Waals surface area (Å²) in [6.45, 7) is 10.2. The van der Waals surface area contributed by atoms with Crippen LogP contribution in [0.3, 0.4) is 0 Å². The largest absolute Gasteiger partial charge is 0.375 e. The molecule has 0 bridgehead atoms. The van der Waals surface area contributed by atoms with Crippen LogP contribution in [-0.2, 0) is 4.74 Å². The molecule has 2 aromatic heterocycles. The number of ether oxygens (including phenoxy) is 1. The van der Waals surface area contributed by atoms with Crippen molar-refractivity contribution in [3.63, 3.8) is 0 Å². The van der Waals surface area contributed by atoms with E-state index in [4.69, 9.17) is 22.1 Å². The van der Waals surface area contributed by atoms with Crippen LogP contribution in [0.4, 0.5) is 0 Å². The van der Waals surface area contributed by atoms with Gasteiger partial charge in [0.1, 0.15) is 11.2 Å². The topological polar surface area (TPSA) is 90.4 Å². The average Bonchev–Trinajstić information content (AvgIpc) is 3.01. The highest BCUT2D eigenvalue weighted by Gasteiger charge is 2.37. The first-order valence-corrected chi connectivity index (χ1v) is 8.50. The summed E-state index contributed by atoms with van der Waals surface area (Å²) in [5.41, 5.74) is 8.01. The number of nitrogens with zero attached hydrogens (tertiary/aromatic N) is 4. The molecule has 3 rings (SSSR count). The number of fused-ring (bicyclic) bond motifs is 1. The van der Waals surface area contributed by atoms with Gasteiger partial charge in [0.2, 0.25) is 0 Å². The minimum Gasteiger partial charge on any atom is -0.375 e. The lowest BCUT2D eigenvalue weighted by Gasteiger charge is -2.18. The highest BCUT2D eigenvalue weighted by Crippen LogP contribution is 2.30. The van der Waals surface area contributed by atoms with Crippen LogP contribution in [0.1, 0.15) is 18.8 Å². The third-order valence-corrected chi connectivity index (χ3v) is 4.08. The third-order valence-electron chi connectivity index (χ3n) is 3.88. The SMILES string of the molecule is C=C/C=C\C(=C)COC[C@H](NC1=CC1(C)N)c1nnc2ccc(Cl)nn12. The van der Waals surface area contributed by atoms with Crippen molar-refractivity contribution in [2.45, 2.75) is 18.5 Å². The van der Waals surface area contributed by atoms with E-state index >= 15 is 0 Å². The molecule has 0 aromatic carbocycles. The van der Waals surface area contributed by atoms with Gasteiger partial charge in [0.15, 0.2) is 11.5 Å². The van der Waals surface area contributed by atoms with E-state index in [0.717, 1.165) is 11.3 Å². The van der Waals surface area contributed by atoms with Crippen molar-refractivity contribution in [1.29, 1.82) is 0 Å². The summed E-state index contributed by atoms with van der Waals surface area (Å²) in [5.74, 6) is 0.596. The zero-order valence-electron chi connectivity index (χ0n) is 14.5. The van der Waals surface area contributed by atoms with Crippen LogP contribution in [0, 0.1) is 0 Å². The lowest BCUT2D eigenvalue weighted by Crippen LogP contribution is -2.32. The minimum absolute atomic E-state index is 0.288. The second-order valence-corrected chi connectivity index (χ2v) is 6.68. The van der Waals surface area contributed by atoms with Crippen molar-refractivity contribution in [3.05, 3.63) is 71.8 Å². The van der Waals surface area contributed by atoms with Gasteiger partial charge in [0, 0.05) is 5.70 Å². The first-order chi connectivity index (χ1) is 12.4. The van der Waals surface area contributed by atoms with E-state index < -0.39 is 5.54 Å². The van der Waals surface area contributed by atoms with Crippen LogP contribution in [0.5, 0.6) is 0 Å². The van der Waals surface area contributed by atoms with Crippen LogP contribution in [0.25, 0.3) is 5.65 Å². The summed E-state index contributed by atoms with van der Waals surface area (Å²) < 4.78 is 7.40. The predicted molar refractivity (Wildman–Crippen MR) is 102 cm³/mol. The molecule has 1 unspecified atom stereocenters. The van der Waals surface area contributed by atoms with Gasteiger partial charge >= 0.3 is 0 Å². The Morgan fingerprint density at radius 2 is 2.27 bits per heavy atom. The molecule has 3 N–H and O–H groups in total. The van der Waals surface area contributed by atoms with Crippen LogP contribution >= 0.6 is 11.6 Å². The summed E-state index contributed by atoms with van der Waals surface area (Å²) in [4.78, 5) is 0. The summed E-state index contributed by atoms with van der Waals surface area (Å²) in [6, 6.07) is 3.14. The maximum atomic E-state index is 6.07. The Balaban J connectivity index is 1.76. The smallest absolute Gasteiger partial charge is 0.179 e. The number of hydrogen-bond acceptors (Lipinski definition) is 6. The molecule has 8 heteroatoms. The fraction of sp³-hybridized carbons (Fsp3) is 0.278. The molecule has 0 radical (unpaired) electrons. The number of rotatable bonds is 9. The van der Waals surface area contributed by atoms with Gasteiger partial charge in [0.05, 0.1) is 18.8 Å². The van der Waals surface area contributed by atoms with Crippen molar-refractivity contribution < 1.29 is 4.74 Å². The maximum absolute atomic E-state index is 6.07. The van der Waals surface area contributed by atoms with E-state index in [-0.39, 0.29) is 6.04 Å². The number of aromatic nitrogens is 4. The molecule has 0 saturated carbocycles. The van der Waals surface area contributed by atoms with Gasteiger partial charge in [-0.1, -0.05) is 43.0 Å². The third kappa shape index (κ3) is 4.19. The summed E-state index contributed by atoms with van der Waals surface area (Å²) in [5, 5.41) is 16.4. The van der Waals surface area contributed by atoms with Gasteiger partial charge in [-0.15, -0.1) is 10.2 Å². The average molecular weight is 373 g/mol. The van der Waals surface area contributed by atoms with Crippen molar-refractivity contribution in [2.24, 2.45) is 5.73 Å². The van der Waals surface area contributed by atoms with Crippen molar-refractivity contribution in [2.75, 3.05) is 13.2 Å². The van der Waals surface area contributed by atoms with E-state index in [1.54, 1.807) is 22.7 Å². The molecule has 2 aromatic rings. The molecule has 0 spiro atoms. The van der Waals surface area contributed by atoms with Gasteiger partial charge in [-0.25, -0.2) is 0 Å². The van der Waals surface area contributed by atoms with E-state index in [9.17, 15) is 0 Å². The quantitative estimate of drug-likeness (QED) is 0.656. The second-order valence-electron chi connectivity index (χ2n) is 6.29. The second kappa shape index (κ2) is 7.41. The first-order valence-electron chi connectivity index (χ1n) is 8.12. The summed E-state index contributed by atoms with van der Waals surface area (Å²) in [6.07, 6.45) is 7.29. The van der Waals surface area contributed by atoms with Crippen LogP contribution in [-0.4, -0.2) is 38.6 Å². The number of allylic oxidation sites excluding steroid dienone is 2. The van der Waals surface area contributed by atoms with Gasteiger partial charge in [-0.3, -0.25) is 0 Å². The standard InChI is InChI=1S/C18H21ClN6O/c1-4-5-6-12(2)10-26-11-13(21-14-9-18(14,3)20)17-23-22-16-8-7-15(19)24-25(16)17/h4-9,13,21H,1-2,10-11,20H2,3H3/b6-5-/t13-,18?/m0/s1. The molecule has 0 fully saturated rings. The molecule has 0 saturated heterocycles. The fourth-order valence-electron chi connectivity index (χ4n) is 2.39. The lowest BCUT2D eigenvalue weighted by atomic mass is 10.2. The van der Waals surface area contributed by atoms with Gasteiger partial charge in [-0.2, -0.15) is 9.61 Å². The highest BCUT2D eigenvalue weighted by atomic mass is 35.5. The highest BCUT2D eigenvalue weighted by molar-refractivity contribution is 6.29. The molecule has 1 aliphatic rings. The minimum atomic E-state index is -0.430. The molecule has 7 nitrogen and oxygen atoms in total. The van der Waals surface area contributed by atoms with Crippen molar-refractivity contribution in [3.8, 4) is 0 Å². The normalized spacial score (nSPS) is 20.2. The molecule has 1 aliphatic carbocycles. The zero-order valence-corrected chi connectivity index (χ0v) is 15.3. The molecule has 0 aliphatic heterocycles. The van der Waals surface area contributed by atoms with E-state index in [2.05, 4.69) is 33.8 Å². The Morgan fingerprint density at radius 3 is 2.96 bits per heavy atom. The predicted octanol–water partition coefficient (Wildman–Crippen LogP) is 2.34. The molecule has 26 heavy (non-hydrogen) atoms. The lowest BCUT2D eigenvalue weighted by molar-refractivity contribution is 0.132. The van der Waals surface area contributed by atoms with E-state index in [1.807, 2.05) is 25.2 Å². The van der Waals surface area contributed by atoms with E-state index in [1.165, 1.54) is 0 Å². The van der Waals surface area contributed by atoms with Crippen molar-refractivity contribution in [1.82, 2.24) is 25.1 Å². The molecule has 136 valence electrons. The molecular weight excluding hydrogens is 352 g/mol.